The first-order valence-corrected chi connectivity index (χ1v) is 2.03. The second-order valence-corrected chi connectivity index (χ2v) is 1.24. The minimum Gasteiger partial charge on any atom is -0.619 e. The van der Waals surface area contributed by atoms with Crippen molar-refractivity contribution in [3.63, 3.8) is 0 Å². The van der Waals surface area contributed by atoms with Gasteiger partial charge in [0.05, 0.1) is 0 Å². The summed E-state index contributed by atoms with van der Waals surface area (Å²) in [7, 11) is 0. The largest absolute Gasteiger partial charge is 0.619 e. The smallest absolute Gasteiger partial charge is 0.180 e. The Morgan fingerprint density at radius 2 is 1.50 bits per heavy atom. The van der Waals surface area contributed by atoms with Gasteiger partial charge in [-0.25, -0.2) is 0 Å². The van der Waals surface area contributed by atoms with E-state index in [1.54, 1.807) is 18.2 Å². The van der Waals surface area contributed by atoms with Crippen molar-refractivity contribution in [1.29, 1.82) is 0 Å². The third kappa shape index (κ3) is 2.03. The molecule has 1 aromatic heterocycles. The first-order valence-electron chi connectivity index (χ1n) is 2.03. The molecule has 0 fully saturated rings. The van der Waals surface area contributed by atoms with E-state index in [0.717, 1.165) is 4.73 Å². The first-order chi connectivity index (χ1) is 3.39. The standard InChI is InChI=1S/C5H5NO.Zn/c7-6-4-2-1-3-5-6;/h1-5H;. The molecule has 0 atom stereocenters. The van der Waals surface area contributed by atoms with E-state index in [0.29, 0.717) is 0 Å². The van der Waals surface area contributed by atoms with Crippen molar-refractivity contribution in [3.05, 3.63) is 35.8 Å². The van der Waals surface area contributed by atoms with Gasteiger partial charge in [-0.05, 0) is 0 Å². The molecule has 0 aromatic carbocycles. The van der Waals surface area contributed by atoms with Crippen molar-refractivity contribution in [2.45, 2.75) is 0 Å². The van der Waals surface area contributed by atoms with E-state index >= 15 is 0 Å². The van der Waals surface area contributed by atoms with Gasteiger partial charge in [0.2, 0.25) is 0 Å². The van der Waals surface area contributed by atoms with E-state index in [1.165, 1.54) is 12.4 Å². The Morgan fingerprint density at radius 3 is 1.75 bits per heavy atom. The number of pyridine rings is 1. The average Bonchev–Trinajstić information content (AvgIpc) is 1.69. The van der Waals surface area contributed by atoms with E-state index in [-0.39, 0.29) is 19.5 Å². The predicted octanol–water partition coefficient (Wildman–Crippen LogP) is 0.318. The van der Waals surface area contributed by atoms with Crippen LogP contribution >= 0.6 is 0 Å². The molecule has 0 saturated heterocycles. The molecule has 0 amide bonds. The van der Waals surface area contributed by atoms with Crippen LogP contribution in [0.4, 0.5) is 0 Å². The Bertz CT molecular complexity index is 142. The minimum atomic E-state index is 0. The zero-order chi connectivity index (χ0) is 5.11. The topological polar surface area (TPSA) is 26.9 Å². The molecule has 0 N–H and O–H groups in total. The van der Waals surface area contributed by atoms with Crippen LogP contribution in [0.15, 0.2) is 30.6 Å². The molecule has 38 valence electrons. The van der Waals surface area contributed by atoms with Crippen LogP contribution in [0.1, 0.15) is 0 Å². The second kappa shape index (κ2) is 3.56. The van der Waals surface area contributed by atoms with Crippen LogP contribution in [0.25, 0.3) is 0 Å². The Morgan fingerprint density at radius 1 is 1.00 bits per heavy atom. The molecule has 1 heterocycles. The molecule has 1 aromatic rings. The van der Waals surface area contributed by atoms with Gasteiger partial charge in [-0.1, -0.05) is 6.07 Å². The number of nitrogens with zero attached hydrogens (tertiary/aromatic N) is 1. The average molecular weight is 160 g/mol. The fourth-order valence-corrected chi connectivity index (χ4v) is 0.383. The van der Waals surface area contributed by atoms with Gasteiger partial charge < -0.3 is 5.21 Å². The summed E-state index contributed by atoms with van der Waals surface area (Å²) >= 11 is 0. The molecule has 0 unspecified atom stereocenters. The van der Waals surface area contributed by atoms with Gasteiger partial charge in [-0.15, -0.1) is 0 Å². The van der Waals surface area contributed by atoms with Crippen LogP contribution in [0.3, 0.4) is 0 Å². The van der Waals surface area contributed by atoms with Crippen LogP contribution < -0.4 is 4.73 Å². The van der Waals surface area contributed by atoms with Crippen molar-refractivity contribution in [3.8, 4) is 0 Å². The van der Waals surface area contributed by atoms with Gasteiger partial charge in [-0.3, -0.25) is 0 Å². The Labute approximate surface area is 60.5 Å². The number of aromatic nitrogens is 1. The van der Waals surface area contributed by atoms with Gasteiger partial charge >= 0.3 is 0 Å². The Balaban J connectivity index is 0.000000490. The van der Waals surface area contributed by atoms with Gasteiger partial charge in [-0.2, -0.15) is 4.73 Å². The molecular weight excluding hydrogens is 155 g/mol. The van der Waals surface area contributed by atoms with E-state index in [2.05, 4.69) is 0 Å². The Kier molecular flexibility index (Phi) is 3.37. The summed E-state index contributed by atoms with van der Waals surface area (Å²) in [6.45, 7) is 0. The summed E-state index contributed by atoms with van der Waals surface area (Å²) in [5.74, 6) is 0. The zero-order valence-electron chi connectivity index (χ0n) is 4.45. The third-order valence-electron chi connectivity index (χ3n) is 0.688. The molecule has 0 bridgehead atoms. The van der Waals surface area contributed by atoms with Crippen molar-refractivity contribution >= 4 is 0 Å². The summed E-state index contributed by atoms with van der Waals surface area (Å²) < 4.78 is 0.750. The molecule has 1 rings (SSSR count). The van der Waals surface area contributed by atoms with Crippen LogP contribution in [-0.4, -0.2) is 0 Å². The maximum absolute atomic E-state index is 10.2. The normalized spacial score (nSPS) is 7.50. The van der Waals surface area contributed by atoms with Gasteiger partial charge in [0.15, 0.2) is 12.4 Å². The molecule has 0 radical (unpaired) electrons. The molecule has 0 spiro atoms. The van der Waals surface area contributed by atoms with E-state index in [1.807, 2.05) is 0 Å². The molecule has 0 aliphatic rings. The maximum atomic E-state index is 10.2. The van der Waals surface area contributed by atoms with Crippen LogP contribution in [0.5, 0.6) is 0 Å². The molecule has 3 heteroatoms. The number of hydrogen-bond donors (Lipinski definition) is 0. The van der Waals surface area contributed by atoms with E-state index < -0.39 is 0 Å². The molecule has 8 heavy (non-hydrogen) atoms. The van der Waals surface area contributed by atoms with Gasteiger partial charge in [0.25, 0.3) is 0 Å². The molecule has 2 nitrogen and oxygen atoms in total. The summed E-state index contributed by atoms with van der Waals surface area (Å²) in [5, 5.41) is 10.2. The summed E-state index contributed by atoms with van der Waals surface area (Å²) in [5.41, 5.74) is 0. The van der Waals surface area contributed by atoms with Crippen LogP contribution in [0, 0.1) is 5.21 Å². The van der Waals surface area contributed by atoms with E-state index in [9.17, 15) is 5.21 Å². The minimum absolute atomic E-state index is 0. The number of rotatable bonds is 0. The molecule has 0 aliphatic heterocycles. The summed E-state index contributed by atoms with van der Waals surface area (Å²) in [4.78, 5) is 0. The van der Waals surface area contributed by atoms with Crippen molar-refractivity contribution < 1.29 is 24.2 Å². The monoisotopic (exact) mass is 159 g/mol. The van der Waals surface area contributed by atoms with Crippen LogP contribution in [0.2, 0.25) is 0 Å². The fourth-order valence-electron chi connectivity index (χ4n) is 0.383. The van der Waals surface area contributed by atoms with Crippen molar-refractivity contribution in [1.82, 2.24) is 0 Å². The predicted molar refractivity (Wildman–Crippen MR) is 25.4 cm³/mol. The maximum Gasteiger partial charge on any atom is 0.180 e. The zero-order valence-corrected chi connectivity index (χ0v) is 7.42. The fraction of sp³-hybridized carbons (Fsp3) is 0. The van der Waals surface area contributed by atoms with E-state index in [4.69, 9.17) is 0 Å². The quantitative estimate of drug-likeness (QED) is 0.305. The van der Waals surface area contributed by atoms with Gasteiger partial charge in [0.1, 0.15) is 0 Å². The summed E-state index contributed by atoms with van der Waals surface area (Å²) in [6, 6.07) is 5.18. The molecule has 0 aliphatic carbocycles. The van der Waals surface area contributed by atoms with Crippen molar-refractivity contribution in [2.24, 2.45) is 0 Å². The molecule has 0 saturated carbocycles. The second-order valence-electron chi connectivity index (χ2n) is 1.24. The van der Waals surface area contributed by atoms with Crippen molar-refractivity contribution in [2.75, 3.05) is 0 Å². The Hall–Kier alpha value is -0.427. The molecular formula is C5H5NOZn. The first kappa shape index (κ1) is 7.57. The van der Waals surface area contributed by atoms with Crippen LogP contribution in [-0.2, 0) is 19.5 Å². The van der Waals surface area contributed by atoms with Gasteiger partial charge in [0, 0.05) is 31.6 Å². The SMILES string of the molecule is [O-][n+]1ccccc1.[Zn]. The summed E-state index contributed by atoms with van der Waals surface area (Å²) in [6.07, 6.45) is 2.89. The number of hydrogen-bond acceptors (Lipinski definition) is 1. The third-order valence-corrected chi connectivity index (χ3v) is 0.688.